The number of ether oxygens (including phenoxy) is 1. The zero-order valence-corrected chi connectivity index (χ0v) is 16.7. The SMILES string of the molecule is Ic1c2c(c(I)c(-c3ccccc3)c1-c1ccccc1)COC2. The van der Waals surface area contributed by atoms with Crippen molar-refractivity contribution >= 4 is 45.2 Å². The van der Waals surface area contributed by atoms with E-state index in [0.717, 1.165) is 13.2 Å². The molecule has 0 spiro atoms. The van der Waals surface area contributed by atoms with Gasteiger partial charge in [0.25, 0.3) is 0 Å². The Bertz CT molecular complexity index is 786. The molecular weight excluding hydrogens is 510 g/mol. The van der Waals surface area contributed by atoms with E-state index < -0.39 is 0 Å². The lowest BCUT2D eigenvalue weighted by atomic mass is 9.91. The van der Waals surface area contributed by atoms with Crippen molar-refractivity contribution in [2.75, 3.05) is 0 Å². The second-order valence-corrected chi connectivity index (χ2v) is 7.72. The number of hydrogen-bond acceptors (Lipinski definition) is 1. The van der Waals surface area contributed by atoms with Crippen LogP contribution in [0.4, 0.5) is 0 Å². The molecule has 0 saturated heterocycles. The standard InChI is InChI=1S/C20H14I2O/c21-19-15-11-23-12-16(15)20(22)18(14-9-5-2-6-10-14)17(19)13-7-3-1-4-8-13/h1-10H,11-12H2. The van der Waals surface area contributed by atoms with Gasteiger partial charge in [0.2, 0.25) is 0 Å². The summed E-state index contributed by atoms with van der Waals surface area (Å²) in [6.07, 6.45) is 0. The highest BCUT2D eigenvalue weighted by Gasteiger charge is 2.26. The van der Waals surface area contributed by atoms with Gasteiger partial charge in [-0.1, -0.05) is 60.7 Å². The molecule has 0 radical (unpaired) electrons. The van der Waals surface area contributed by atoms with Gasteiger partial charge in [-0.15, -0.1) is 0 Å². The van der Waals surface area contributed by atoms with E-state index >= 15 is 0 Å². The summed E-state index contributed by atoms with van der Waals surface area (Å²) >= 11 is 4.99. The van der Waals surface area contributed by atoms with Gasteiger partial charge in [-0.2, -0.15) is 0 Å². The van der Waals surface area contributed by atoms with Crippen molar-refractivity contribution in [3.8, 4) is 22.3 Å². The van der Waals surface area contributed by atoms with Gasteiger partial charge in [-0.05, 0) is 67.4 Å². The molecule has 1 aliphatic rings. The highest BCUT2D eigenvalue weighted by molar-refractivity contribution is 14.1. The fourth-order valence-electron chi connectivity index (χ4n) is 3.09. The smallest absolute Gasteiger partial charge is 0.0735 e. The number of halogens is 2. The van der Waals surface area contributed by atoms with Crippen molar-refractivity contribution in [1.29, 1.82) is 0 Å². The number of hydrogen-bond donors (Lipinski definition) is 0. The Labute approximate surface area is 163 Å². The van der Waals surface area contributed by atoms with Gasteiger partial charge in [0.15, 0.2) is 0 Å². The zero-order valence-electron chi connectivity index (χ0n) is 12.4. The van der Waals surface area contributed by atoms with E-state index in [9.17, 15) is 0 Å². The van der Waals surface area contributed by atoms with Crippen LogP contribution in [-0.2, 0) is 18.0 Å². The van der Waals surface area contributed by atoms with E-state index in [1.54, 1.807) is 0 Å². The Hall–Kier alpha value is -0.920. The molecule has 0 saturated carbocycles. The quantitative estimate of drug-likeness (QED) is 0.360. The van der Waals surface area contributed by atoms with Crippen LogP contribution in [0.5, 0.6) is 0 Å². The molecule has 0 unspecified atom stereocenters. The van der Waals surface area contributed by atoms with Gasteiger partial charge >= 0.3 is 0 Å². The van der Waals surface area contributed by atoms with Crippen molar-refractivity contribution in [2.45, 2.75) is 13.2 Å². The fourth-order valence-corrected chi connectivity index (χ4v) is 5.22. The second kappa shape index (κ2) is 6.53. The van der Waals surface area contributed by atoms with Gasteiger partial charge in [-0.25, -0.2) is 0 Å². The maximum Gasteiger partial charge on any atom is 0.0735 e. The van der Waals surface area contributed by atoms with Crippen LogP contribution in [0, 0.1) is 7.14 Å². The molecule has 1 heterocycles. The van der Waals surface area contributed by atoms with Crippen LogP contribution in [0.25, 0.3) is 22.3 Å². The van der Waals surface area contributed by atoms with Crippen LogP contribution in [-0.4, -0.2) is 0 Å². The molecule has 23 heavy (non-hydrogen) atoms. The maximum absolute atomic E-state index is 5.75. The zero-order chi connectivity index (χ0) is 15.8. The Morgan fingerprint density at radius 2 is 1.00 bits per heavy atom. The van der Waals surface area contributed by atoms with Crippen LogP contribution in [0.15, 0.2) is 60.7 Å². The first-order valence-electron chi connectivity index (χ1n) is 7.48. The summed E-state index contributed by atoms with van der Waals surface area (Å²) in [5.41, 5.74) is 7.89. The highest BCUT2D eigenvalue weighted by atomic mass is 127. The summed E-state index contributed by atoms with van der Waals surface area (Å²) in [4.78, 5) is 0. The fraction of sp³-hybridized carbons (Fsp3) is 0.100. The topological polar surface area (TPSA) is 9.23 Å². The molecule has 0 aromatic heterocycles. The molecule has 1 aliphatic heterocycles. The van der Waals surface area contributed by atoms with E-state index in [2.05, 4.69) is 106 Å². The third kappa shape index (κ3) is 2.72. The molecule has 4 rings (SSSR count). The molecule has 3 aromatic rings. The first-order chi connectivity index (χ1) is 11.3. The summed E-state index contributed by atoms with van der Waals surface area (Å²) < 4.78 is 8.39. The number of benzene rings is 3. The Kier molecular flexibility index (Phi) is 4.43. The molecule has 0 aliphatic carbocycles. The third-order valence-electron chi connectivity index (χ3n) is 4.20. The van der Waals surface area contributed by atoms with Crippen molar-refractivity contribution in [3.05, 3.63) is 78.9 Å². The van der Waals surface area contributed by atoms with Crippen LogP contribution in [0.2, 0.25) is 0 Å². The second-order valence-electron chi connectivity index (χ2n) is 5.56. The Morgan fingerprint density at radius 1 is 0.609 bits per heavy atom. The minimum atomic E-state index is 0.721. The van der Waals surface area contributed by atoms with Crippen LogP contribution in [0.3, 0.4) is 0 Å². The first kappa shape index (κ1) is 15.6. The van der Waals surface area contributed by atoms with Gasteiger partial charge < -0.3 is 4.74 Å². The van der Waals surface area contributed by atoms with Crippen molar-refractivity contribution in [1.82, 2.24) is 0 Å². The molecule has 1 nitrogen and oxygen atoms in total. The van der Waals surface area contributed by atoms with E-state index in [4.69, 9.17) is 4.74 Å². The summed E-state index contributed by atoms with van der Waals surface area (Å²) in [5, 5.41) is 0. The van der Waals surface area contributed by atoms with Crippen molar-refractivity contribution in [3.63, 3.8) is 0 Å². The van der Waals surface area contributed by atoms with Crippen molar-refractivity contribution in [2.24, 2.45) is 0 Å². The Balaban J connectivity index is 2.10. The first-order valence-corrected chi connectivity index (χ1v) is 9.64. The van der Waals surface area contributed by atoms with Crippen LogP contribution < -0.4 is 0 Å². The summed E-state index contributed by atoms with van der Waals surface area (Å²) in [5.74, 6) is 0. The van der Waals surface area contributed by atoms with E-state index in [0.29, 0.717) is 0 Å². The molecular formula is C20H14I2O. The molecule has 0 amide bonds. The van der Waals surface area contributed by atoms with E-state index in [-0.39, 0.29) is 0 Å². The Morgan fingerprint density at radius 3 is 1.39 bits per heavy atom. The van der Waals surface area contributed by atoms with E-state index in [1.807, 2.05) is 0 Å². The molecule has 0 fully saturated rings. The largest absolute Gasteiger partial charge is 0.372 e. The minimum Gasteiger partial charge on any atom is -0.372 e. The van der Waals surface area contributed by atoms with Gasteiger partial charge in [0, 0.05) is 18.3 Å². The van der Waals surface area contributed by atoms with Gasteiger partial charge in [0.1, 0.15) is 0 Å². The predicted octanol–water partition coefficient (Wildman–Crippen LogP) is 6.26. The predicted molar refractivity (Wildman–Crippen MR) is 111 cm³/mol. The average Bonchev–Trinajstić information content (AvgIpc) is 3.10. The molecule has 0 atom stereocenters. The monoisotopic (exact) mass is 524 g/mol. The summed E-state index contributed by atoms with van der Waals surface area (Å²) in [6, 6.07) is 21.4. The molecule has 3 aromatic carbocycles. The van der Waals surface area contributed by atoms with Crippen LogP contribution in [0.1, 0.15) is 11.1 Å². The maximum atomic E-state index is 5.75. The van der Waals surface area contributed by atoms with Crippen LogP contribution >= 0.6 is 45.2 Å². The highest BCUT2D eigenvalue weighted by Crippen LogP contribution is 2.44. The van der Waals surface area contributed by atoms with Gasteiger partial charge in [-0.3, -0.25) is 0 Å². The normalized spacial score (nSPS) is 13.1. The minimum absolute atomic E-state index is 0.721. The summed E-state index contributed by atoms with van der Waals surface area (Å²) in [7, 11) is 0. The third-order valence-corrected chi connectivity index (χ3v) is 6.58. The van der Waals surface area contributed by atoms with E-state index in [1.165, 1.54) is 40.5 Å². The lowest BCUT2D eigenvalue weighted by molar-refractivity contribution is 0.134. The molecule has 0 N–H and O–H groups in total. The number of fused-ring (bicyclic) bond motifs is 1. The number of rotatable bonds is 2. The average molecular weight is 524 g/mol. The lowest BCUT2D eigenvalue weighted by Gasteiger charge is -2.18. The molecule has 114 valence electrons. The summed E-state index contributed by atoms with van der Waals surface area (Å²) in [6.45, 7) is 1.44. The molecule has 0 bridgehead atoms. The molecule has 3 heteroatoms. The van der Waals surface area contributed by atoms with Crippen molar-refractivity contribution < 1.29 is 4.74 Å². The van der Waals surface area contributed by atoms with Gasteiger partial charge in [0.05, 0.1) is 13.2 Å². The lowest BCUT2D eigenvalue weighted by Crippen LogP contribution is -2.00.